The summed E-state index contributed by atoms with van der Waals surface area (Å²) in [5.74, 6) is -2.70. The second-order valence-corrected chi connectivity index (χ2v) is 4.13. The van der Waals surface area contributed by atoms with E-state index in [2.05, 4.69) is 0 Å². The van der Waals surface area contributed by atoms with Crippen molar-refractivity contribution in [3.8, 4) is 12.1 Å². The van der Waals surface area contributed by atoms with Gasteiger partial charge in [0, 0.05) is 0 Å². The molecule has 0 bridgehead atoms. The number of carboxylic acid groups (broad SMARTS) is 2. The zero-order chi connectivity index (χ0) is 16.0. The topological polar surface area (TPSA) is 122 Å². The first-order valence-electron chi connectivity index (χ1n) is 5.69. The van der Waals surface area contributed by atoms with E-state index in [4.69, 9.17) is 20.7 Å². The van der Waals surface area contributed by atoms with E-state index in [1.807, 2.05) is 0 Å². The van der Waals surface area contributed by atoms with E-state index >= 15 is 0 Å². The van der Waals surface area contributed by atoms with Gasteiger partial charge in [0.1, 0.15) is 23.3 Å². The third-order valence-electron chi connectivity index (χ3n) is 2.45. The summed E-state index contributed by atoms with van der Waals surface area (Å²) in [5, 5.41) is 35.1. The summed E-state index contributed by atoms with van der Waals surface area (Å²) in [6.45, 7) is 1.73. The number of aliphatic carboxylic acids is 2. The molecule has 0 fully saturated rings. The van der Waals surface area contributed by atoms with E-state index in [1.54, 1.807) is 31.2 Å². The summed E-state index contributed by atoms with van der Waals surface area (Å²) in [5.41, 5.74) is 0.731. The average molecular weight is 282 g/mol. The summed E-state index contributed by atoms with van der Waals surface area (Å²) in [6.07, 6.45) is 2.36. The maximum atomic E-state index is 10.8. The Hall–Kier alpha value is -3.38. The lowest BCUT2D eigenvalue weighted by molar-refractivity contribution is -0.133. The molecule has 21 heavy (non-hydrogen) atoms. The molecule has 0 saturated heterocycles. The first kappa shape index (κ1) is 15.7. The minimum atomic E-state index is -1.35. The Labute approximate surface area is 120 Å². The molecule has 0 radical (unpaired) electrons. The molecule has 2 N–H and O–H groups in total. The van der Waals surface area contributed by atoms with Crippen LogP contribution in [-0.4, -0.2) is 22.2 Å². The van der Waals surface area contributed by atoms with Gasteiger partial charge in [-0.1, -0.05) is 12.1 Å². The van der Waals surface area contributed by atoms with Crippen molar-refractivity contribution < 1.29 is 19.8 Å². The van der Waals surface area contributed by atoms with Crippen LogP contribution in [0.3, 0.4) is 0 Å². The van der Waals surface area contributed by atoms with Gasteiger partial charge in [-0.3, -0.25) is 0 Å². The molecule has 6 nitrogen and oxygen atoms in total. The van der Waals surface area contributed by atoms with E-state index in [0.29, 0.717) is 11.1 Å². The van der Waals surface area contributed by atoms with Crippen LogP contribution in [-0.2, 0) is 9.59 Å². The molecule has 0 heterocycles. The minimum absolute atomic E-state index is 0.433. The van der Waals surface area contributed by atoms with Crippen molar-refractivity contribution in [2.75, 3.05) is 0 Å². The monoisotopic (exact) mass is 282 g/mol. The van der Waals surface area contributed by atoms with Crippen molar-refractivity contribution in [3.63, 3.8) is 0 Å². The van der Waals surface area contributed by atoms with Crippen LogP contribution in [0.15, 0.2) is 29.3 Å². The van der Waals surface area contributed by atoms with Crippen molar-refractivity contribution >= 4 is 24.1 Å². The quantitative estimate of drug-likeness (QED) is 0.643. The lowest BCUT2D eigenvalue weighted by Gasteiger charge is -2.02. The van der Waals surface area contributed by atoms with Crippen molar-refractivity contribution in [2.45, 2.75) is 6.92 Å². The van der Waals surface area contributed by atoms with E-state index in [1.165, 1.54) is 18.2 Å². The highest BCUT2D eigenvalue weighted by atomic mass is 16.4. The fraction of sp³-hybridized carbons (Fsp3) is 0.0667. The molecule has 0 spiro atoms. The van der Waals surface area contributed by atoms with Crippen LogP contribution in [0.25, 0.3) is 12.2 Å². The van der Waals surface area contributed by atoms with Gasteiger partial charge in [-0.2, -0.15) is 10.5 Å². The molecule has 1 aromatic rings. The molecule has 0 aliphatic heterocycles. The van der Waals surface area contributed by atoms with E-state index in [9.17, 15) is 9.59 Å². The highest BCUT2D eigenvalue weighted by molar-refractivity contribution is 5.97. The molecule has 0 aliphatic carbocycles. The first-order valence-corrected chi connectivity index (χ1v) is 5.69. The molecule has 0 aliphatic rings. The largest absolute Gasteiger partial charge is 0.477 e. The van der Waals surface area contributed by atoms with Crippen molar-refractivity contribution in [1.82, 2.24) is 0 Å². The van der Waals surface area contributed by atoms with Gasteiger partial charge >= 0.3 is 11.9 Å². The van der Waals surface area contributed by atoms with Crippen LogP contribution in [0.2, 0.25) is 0 Å². The highest BCUT2D eigenvalue weighted by Gasteiger charge is 2.08. The zero-order valence-corrected chi connectivity index (χ0v) is 11.0. The number of aryl methyl sites for hydroxylation is 1. The maximum absolute atomic E-state index is 10.8. The molecular formula is C15H10N2O4. The van der Waals surface area contributed by atoms with Crippen molar-refractivity contribution in [2.24, 2.45) is 0 Å². The second kappa shape index (κ2) is 6.69. The van der Waals surface area contributed by atoms with Gasteiger partial charge in [-0.15, -0.1) is 0 Å². The van der Waals surface area contributed by atoms with Crippen molar-refractivity contribution in [3.05, 3.63) is 46.0 Å². The van der Waals surface area contributed by atoms with E-state index < -0.39 is 23.1 Å². The Bertz CT molecular complexity index is 686. The van der Waals surface area contributed by atoms with Gasteiger partial charge in [0.05, 0.1) is 0 Å². The number of benzene rings is 1. The van der Waals surface area contributed by atoms with Gasteiger partial charge in [0.2, 0.25) is 0 Å². The standard InChI is InChI=1S/C15H10N2O4/c1-9-2-10(5-12(7-16)14(18)19)4-11(3-9)6-13(8-17)15(20)21/h2-6H,1H3,(H,18,19)(H,20,21)/b12-5+,13-6+. The Morgan fingerprint density at radius 3 is 1.62 bits per heavy atom. The third-order valence-corrected chi connectivity index (χ3v) is 2.45. The smallest absolute Gasteiger partial charge is 0.346 e. The summed E-state index contributed by atoms with van der Waals surface area (Å²) >= 11 is 0. The first-order chi connectivity index (χ1) is 9.87. The van der Waals surface area contributed by atoms with Crippen LogP contribution in [0.4, 0.5) is 0 Å². The summed E-state index contributed by atoms with van der Waals surface area (Å²) in [4.78, 5) is 21.6. The van der Waals surface area contributed by atoms with Crippen LogP contribution in [0.5, 0.6) is 0 Å². The number of hydrogen-bond acceptors (Lipinski definition) is 4. The van der Waals surface area contributed by atoms with Crippen LogP contribution < -0.4 is 0 Å². The van der Waals surface area contributed by atoms with Gasteiger partial charge in [0.15, 0.2) is 0 Å². The molecule has 6 heteroatoms. The van der Waals surface area contributed by atoms with Gasteiger partial charge < -0.3 is 10.2 Å². The SMILES string of the molecule is Cc1cc(/C=C(\C#N)C(=O)O)cc(/C=C(\C#N)C(=O)O)c1. The molecular weight excluding hydrogens is 272 g/mol. The Kier molecular flexibility index (Phi) is 4.99. The summed E-state index contributed by atoms with van der Waals surface area (Å²) in [7, 11) is 0. The number of carboxylic acids is 2. The average Bonchev–Trinajstić information content (AvgIpc) is 2.40. The molecule has 1 rings (SSSR count). The molecule has 0 atom stereocenters. The number of nitrogens with zero attached hydrogens (tertiary/aromatic N) is 2. The van der Waals surface area contributed by atoms with Crippen LogP contribution in [0, 0.1) is 29.6 Å². The number of hydrogen-bond donors (Lipinski definition) is 2. The number of carbonyl (C=O) groups is 2. The lowest BCUT2D eigenvalue weighted by Crippen LogP contribution is -1.98. The Morgan fingerprint density at radius 2 is 1.33 bits per heavy atom. The Morgan fingerprint density at radius 1 is 0.952 bits per heavy atom. The van der Waals surface area contributed by atoms with Gasteiger partial charge in [-0.25, -0.2) is 9.59 Å². The highest BCUT2D eigenvalue weighted by Crippen LogP contribution is 2.16. The van der Waals surface area contributed by atoms with Crippen molar-refractivity contribution in [1.29, 1.82) is 10.5 Å². The third kappa shape index (κ3) is 4.34. The van der Waals surface area contributed by atoms with Gasteiger partial charge in [0.25, 0.3) is 0 Å². The fourth-order valence-electron chi connectivity index (χ4n) is 1.63. The molecule has 0 unspecified atom stereocenters. The van der Waals surface area contributed by atoms with Crippen LogP contribution in [0.1, 0.15) is 16.7 Å². The molecule has 0 saturated carbocycles. The minimum Gasteiger partial charge on any atom is -0.477 e. The van der Waals surface area contributed by atoms with E-state index in [-0.39, 0.29) is 0 Å². The zero-order valence-electron chi connectivity index (χ0n) is 11.0. The predicted molar refractivity (Wildman–Crippen MR) is 73.6 cm³/mol. The number of nitriles is 2. The number of rotatable bonds is 4. The molecule has 0 aromatic heterocycles. The summed E-state index contributed by atoms with van der Waals surface area (Å²) < 4.78 is 0. The van der Waals surface area contributed by atoms with Crippen LogP contribution >= 0.6 is 0 Å². The van der Waals surface area contributed by atoms with Gasteiger partial charge in [-0.05, 0) is 41.8 Å². The lowest BCUT2D eigenvalue weighted by atomic mass is 10.0. The second-order valence-electron chi connectivity index (χ2n) is 4.13. The normalized spacial score (nSPS) is 11.4. The van der Waals surface area contributed by atoms with E-state index in [0.717, 1.165) is 5.56 Å². The fourth-order valence-corrected chi connectivity index (χ4v) is 1.63. The summed E-state index contributed by atoms with van der Waals surface area (Å²) in [6, 6.07) is 7.90. The molecule has 104 valence electrons. The Balaban J connectivity index is 3.37. The molecule has 0 amide bonds. The maximum Gasteiger partial charge on any atom is 0.346 e. The molecule has 1 aromatic carbocycles. The predicted octanol–water partition coefficient (Wildman–Crippen LogP) is 1.98.